The zero-order chi connectivity index (χ0) is 23.1. The van der Waals surface area contributed by atoms with Gasteiger partial charge >= 0.3 is 0 Å². The van der Waals surface area contributed by atoms with Crippen molar-refractivity contribution in [2.24, 2.45) is 5.41 Å². The first-order valence-electron chi connectivity index (χ1n) is 11.1. The molecule has 1 amide bonds. The Bertz CT molecular complexity index is 1500. The van der Waals surface area contributed by atoms with E-state index >= 15 is 0 Å². The Kier molecular flexibility index (Phi) is 4.34. The molecule has 2 atom stereocenters. The Morgan fingerprint density at radius 1 is 1.00 bits per heavy atom. The molecule has 2 bridgehead atoms. The number of carbonyl (C=O) groups is 1. The quantitative estimate of drug-likeness (QED) is 0.354. The van der Waals surface area contributed by atoms with E-state index in [0.717, 1.165) is 46.5 Å². The van der Waals surface area contributed by atoms with Gasteiger partial charge in [-0.25, -0.2) is 9.97 Å². The van der Waals surface area contributed by atoms with E-state index in [1.807, 2.05) is 37.3 Å². The lowest BCUT2D eigenvalue weighted by atomic mass is 9.67. The molecule has 166 valence electrons. The van der Waals surface area contributed by atoms with Crippen molar-refractivity contribution in [2.45, 2.75) is 44.9 Å². The molecule has 2 aromatic heterocycles. The molecule has 4 aromatic rings. The predicted octanol–water partition coefficient (Wildman–Crippen LogP) is 6.59. The number of hydrogen-bond acceptors (Lipinski definition) is 4. The molecule has 33 heavy (non-hydrogen) atoms. The first-order chi connectivity index (χ1) is 15.7. The summed E-state index contributed by atoms with van der Waals surface area (Å²) in [5, 5.41) is 5.06. The summed E-state index contributed by atoms with van der Waals surface area (Å²) in [6, 6.07) is 13.3. The van der Waals surface area contributed by atoms with Crippen LogP contribution in [0.4, 0.5) is 5.69 Å². The van der Waals surface area contributed by atoms with Crippen molar-refractivity contribution in [2.75, 3.05) is 5.32 Å². The highest BCUT2D eigenvalue weighted by Crippen LogP contribution is 2.67. The van der Waals surface area contributed by atoms with Crippen LogP contribution < -0.4 is 5.32 Å². The fourth-order valence-corrected chi connectivity index (χ4v) is 6.34. The van der Waals surface area contributed by atoms with Crippen molar-refractivity contribution < 1.29 is 4.79 Å². The molecule has 7 heteroatoms. The molecule has 0 spiro atoms. The minimum absolute atomic E-state index is 0.0433. The molecular formula is C26H22Cl2N4O. The minimum atomic E-state index is -0.779. The van der Waals surface area contributed by atoms with Gasteiger partial charge in [-0.15, -0.1) is 0 Å². The molecule has 0 aliphatic heterocycles. The summed E-state index contributed by atoms with van der Waals surface area (Å²) in [4.78, 5) is 28.7. The van der Waals surface area contributed by atoms with E-state index < -0.39 is 5.41 Å². The smallest absolute Gasteiger partial charge is 0.237 e. The number of anilines is 1. The monoisotopic (exact) mass is 476 g/mol. The van der Waals surface area contributed by atoms with E-state index in [1.54, 1.807) is 12.1 Å². The number of nitrogens with one attached hydrogen (secondary N) is 1. The average molecular weight is 477 g/mol. The Hall–Kier alpha value is -2.76. The number of hydrogen-bond donors (Lipinski definition) is 1. The maximum atomic E-state index is 14.1. The van der Waals surface area contributed by atoms with Gasteiger partial charge in [0.1, 0.15) is 0 Å². The van der Waals surface area contributed by atoms with E-state index in [9.17, 15) is 4.79 Å². The van der Waals surface area contributed by atoms with Gasteiger partial charge in [-0.05, 0) is 49.4 Å². The van der Waals surface area contributed by atoms with Crippen LogP contribution in [0.15, 0.2) is 42.5 Å². The van der Waals surface area contributed by atoms with Crippen LogP contribution in [-0.4, -0.2) is 20.9 Å². The van der Waals surface area contributed by atoms with E-state index in [1.165, 1.54) is 0 Å². The number of pyridine rings is 1. The Labute approximate surface area is 201 Å². The molecule has 0 saturated heterocycles. The molecule has 0 radical (unpaired) electrons. The lowest BCUT2D eigenvalue weighted by molar-refractivity contribution is -0.124. The van der Waals surface area contributed by atoms with E-state index in [4.69, 9.17) is 33.2 Å². The lowest BCUT2D eigenvalue weighted by Crippen LogP contribution is -2.46. The number of aryl methyl sites for hydroxylation is 1. The largest absolute Gasteiger partial charge is 0.325 e. The first-order valence-corrected chi connectivity index (χ1v) is 11.8. The second-order valence-electron chi connectivity index (χ2n) is 9.71. The number of rotatable bonds is 2. The summed E-state index contributed by atoms with van der Waals surface area (Å²) >= 11 is 12.5. The Morgan fingerprint density at radius 3 is 2.45 bits per heavy atom. The molecule has 2 aliphatic carbocycles. The van der Waals surface area contributed by atoms with Crippen molar-refractivity contribution in [1.29, 1.82) is 0 Å². The molecule has 5 nitrogen and oxygen atoms in total. The van der Waals surface area contributed by atoms with Gasteiger partial charge in [0.25, 0.3) is 0 Å². The molecule has 1 fully saturated rings. The van der Waals surface area contributed by atoms with Crippen LogP contribution >= 0.6 is 23.2 Å². The number of aromatic nitrogens is 3. The maximum Gasteiger partial charge on any atom is 0.237 e. The van der Waals surface area contributed by atoms with Crippen LogP contribution in [0.25, 0.3) is 21.9 Å². The van der Waals surface area contributed by atoms with Crippen LogP contribution in [0.1, 0.15) is 49.7 Å². The second kappa shape index (κ2) is 6.87. The maximum absolute atomic E-state index is 14.1. The van der Waals surface area contributed by atoms with Gasteiger partial charge in [0.05, 0.1) is 49.1 Å². The zero-order valence-corrected chi connectivity index (χ0v) is 20.1. The highest BCUT2D eigenvalue weighted by atomic mass is 35.5. The number of halogens is 2. The standard InChI is InChI=1S/C26H22Cl2N4O/c1-13-10-19(14-6-4-5-7-18(14)29-13)32-24(33)26-9-8-15(25(26,2)3)22-23(26)31-21-12-17(28)16(27)11-20(21)30-22/h4-7,10-12,15H,8-9H2,1-3H3,(H,29,32,33). The number of nitrogens with zero attached hydrogens (tertiary/aromatic N) is 3. The second-order valence-corrected chi connectivity index (χ2v) is 10.5. The van der Waals surface area contributed by atoms with Crippen LogP contribution in [0.2, 0.25) is 10.0 Å². The number of para-hydroxylation sites is 1. The molecule has 2 aliphatic rings. The van der Waals surface area contributed by atoms with Gasteiger partial charge in [-0.3, -0.25) is 9.78 Å². The van der Waals surface area contributed by atoms with Gasteiger partial charge in [-0.2, -0.15) is 0 Å². The summed E-state index contributed by atoms with van der Waals surface area (Å²) in [6.45, 7) is 6.26. The topological polar surface area (TPSA) is 67.8 Å². The molecule has 1 N–H and O–H groups in total. The molecule has 2 aromatic carbocycles. The summed E-state index contributed by atoms with van der Waals surface area (Å²) in [5.74, 6) is 0.110. The van der Waals surface area contributed by atoms with Gasteiger partial charge in [0.15, 0.2) is 0 Å². The van der Waals surface area contributed by atoms with E-state index in [0.29, 0.717) is 21.1 Å². The van der Waals surface area contributed by atoms with Gasteiger partial charge in [0, 0.05) is 17.0 Å². The minimum Gasteiger partial charge on any atom is -0.325 e. The molecular weight excluding hydrogens is 455 g/mol. The van der Waals surface area contributed by atoms with Crippen molar-refractivity contribution in [3.8, 4) is 0 Å². The predicted molar refractivity (Wildman–Crippen MR) is 132 cm³/mol. The lowest BCUT2D eigenvalue weighted by Gasteiger charge is -2.36. The van der Waals surface area contributed by atoms with Gasteiger partial charge in [-0.1, -0.05) is 55.2 Å². The normalized spacial score (nSPS) is 22.6. The summed E-state index contributed by atoms with van der Waals surface area (Å²) in [5.41, 5.74) is 4.41. The third-order valence-electron chi connectivity index (χ3n) is 7.73. The Morgan fingerprint density at radius 2 is 1.70 bits per heavy atom. The van der Waals surface area contributed by atoms with Crippen LogP contribution in [0.5, 0.6) is 0 Å². The van der Waals surface area contributed by atoms with Crippen molar-refractivity contribution in [3.63, 3.8) is 0 Å². The van der Waals surface area contributed by atoms with Gasteiger partial charge < -0.3 is 5.32 Å². The number of amides is 1. The first kappa shape index (κ1) is 20.8. The number of benzene rings is 2. The summed E-state index contributed by atoms with van der Waals surface area (Å²) in [7, 11) is 0. The van der Waals surface area contributed by atoms with Crippen LogP contribution in [0, 0.1) is 12.3 Å². The molecule has 2 heterocycles. The fraction of sp³-hybridized carbons (Fsp3) is 0.308. The van der Waals surface area contributed by atoms with Crippen LogP contribution in [-0.2, 0) is 10.2 Å². The average Bonchev–Trinajstić information content (AvgIpc) is 3.14. The summed E-state index contributed by atoms with van der Waals surface area (Å²) < 4.78 is 0. The third-order valence-corrected chi connectivity index (χ3v) is 8.45. The summed E-state index contributed by atoms with van der Waals surface area (Å²) in [6.07, 6.45) is 1.62. The SMILES string of the molecule is Cc1cc(NC(=O)C23CCC(c4nc5cc(Cl)c(Cl)cc5nc42)C3(C)C)c2ccccc2n1. The number of carbonyl (C=O) groups excluding carboxylic acids is 1. The highest BCUT2D eigenvalue weighted by Gasteiger charge is 2.67. The molecule has 2 unspecified atom stereocenters. The molecule has 1 saturated carbocycles. The Balaban J connectivity index is 1.52. The van der Waals surface area contributed by atoms with Crippen LogP contribution in [0.3, 0.4) is 0 Å². The van der Waals surface area contributed by atoms with Gasteiger partial charge in [0.2, 0.25) is 5.91 Å². The zero-order valence-electron chi connectivity index (χ0n) is 18.5. The fourth-order valence-electron chi connectivity index (χ4n) is 6.02. The highest BCUT2D eigenvalue weighted by molar-refractivity contribution is 6.42. The van der Waals surface area contributed by atoms with E-state index in [-0.39, 0.29) is 17.2 Å². The van der Waals surface area contributed by atoms with Crippen molar-refractivity contribution in [3.05, 3.63) is 69.6 Å². The molecule has 6 rings (SSSR count). The third kappa shape index (κ3) is 2.72. The number of fused-ring (bicyclic) bond motifs is 7. The van der Waals surface area contributed by atoms with Crippen molar-refractivity contribution in [1.82, 2.24) is 15.0 Å². The van der Waals surface area contributed by atoms with E-state index in [2.05, 4.69) is 24.1 Å². The van der Waals surface area contributed by atoms with Crippen molar-refractivity contribution >= 4 is 56.7 Å².